The summed E-state index contributed by atoms with van der Waals surface area (Å²) in [5, 5.41) is 0. The molecule has 0 aliphatic rings. The van der Waals surface area contributed by atoms with Crippen molar-refractivity contribution in [3.8, 4) is 0 Å². The van der Waals surface area contributed by atoms with E-state index in [9.17, 15) is 9.59 Å². The van der Waals surface area contributed by atoms with E-state index in [-0.39, 0.29) is 17.1 Å². The SMILES string of the molecule is [Cu].[OH+]=C(CC(=Nc1ccccc1)c1ccccc1)c1ccccc1.[OH+]=C(CC(=Nc1ccccc1)c1ccccc1)c1ccccc1. The summed E-state index contributed by atoms with van der Waals surface area (Å²) in [5.74, 6) is 0.647. The van der Waals surface area contributed by atoms with Crippen molar-refractivity contribution in [3.05, 3.63) is 204 Å². The maximum atomic E-state index is 10.5. The molecule has 6 aromatic rings. The van der Waals surface area contributed by atoms with Gasteiger partial charge in [-0.15, -0.1) is 0 Å². The topological polar surface area (TPSA) is 67.5 Å². The largest absolute Gasteiger partial charge is 0.329 e. The Hall–Kier alpha value is -5.48. The second kappa shape index (κ2) is 18.5. The maximum Gasteiger partial charge on any atom is 0.329 e. The molecule has 0 amide bonds. The fourth-order valence-electron chi connectivity index (χ4n) is 4.77. The Kier molecular flexibility index (Phi) is 13.5. The molecule has 47 heavy (non-hydrogen) atoms. The van der Waals surface area contributed by atoms with Crippen molar-refractivity contribution >= 4 is 34.4 Å². The van der Waals surface area contributed by atoms with Crippen molar-refractivity contribution in [2.24, 2.45) is 9.98 Å². The average Bonchev–Trinajstić information content (AvgIpc) is 3.13. The molecule has 0 aliphatic heterocycles. The van der Waals surface area contributed by atoms with Crippen LogP contribution >= 0.6 is 0 Å². The molecule has 0 atom stereocenters. The smallest absolute Gasteiger partial charge is 0.278 e. The van der Waals surface area contributed by atoms with Gasteiger partial charge in [0.1, 0.15) is 12.8 Å². The first kappa shape index (κ1) is 34.4. The van der Waals surface area contributed by atoms with Crippen molar-refractivity contribution in [2.75, 3.05) is 0 Å². The molecule has 6 aromatic carbocycles. The zero-order valence-electron chi connectivity index (χ0n) is 25.8. The van der Waals surface area contributed by atoms with Gasteiger partial charge in [-0.25, -0.2) is 0 Å². The van der Waals surface area contributed by atoms with Crippen LogP contribution in [0.25, 0.3) is 0 Å². The Labute approximate surface area is 287 Å². The summed E-state index contributed by atoms with van der Waals surface area (Å²) in [5.41, 5.74) is 7.13. The number of ketones is 2. The number of hydrogen-bond donors (Lipinski definition) is 0. The summed E-state index contributed by atoms with van der Waals surface area (Å²) in [6.45, 7) is 0. The third kappa shape index (κ3) is 10.8. The van der Waals surface area contributed by atoms with Crippen LogP contribution in [0, 0.1) is 0 Å². The van der Waals surface area contributed by atoms with Crippen LogP contribution in [-0.2, 0) is 17.1 Å². The van der Waals surface area contributed by atoms with Crippen LogP contribution in [0.3, 0.4) is 0 Å². The van der Waals surface area contributed by atoms with Gasteiger partial charge in [0.15, 0.2) is 0 Å². The molecule has 0 saturated heterocycles. The molecule has 0 aromatic heterocycles. The first-order valence-corrected chi connectivity index (χ1v) is 15.2. The molecule has 2 N–H and O–H groups in total. The zero-order valence-corrected chi connectivity index (χ0v) is 26.8. The van der Waals surface area contributed by atoms with Crippen LogP contribution in [0.1, 0.15) is 35.1 Å². The van der Waals surface area contributed by atoms with Gasteiger partial charge in [0.25, 0.3) is 0 Å². The summed E-state index contributed by atoms with van der Waals surface area (Å²) in [7, 11) is 0. The molecule has 0 bridgehead atoms. The van der Waals surface area contributed by atoms with Gasteiger partial charge in [-0.1, -0.05) is 133 Å². The minimum Gasteiger partial charge on any atom is -0.278 e. The van der Waals surface area contributed by atoms with Crippen molar-refractivity contribution in [3.63, 3.8) is 0 Å². The Morgan fingerprint density at radius 1 is 0.340 bits per heavy atom. The van der Waals surface area contributed by atoms with Gasteiger partial charge in [-0.3, -0.25) is 19.6 Å². The van der Waals surface area contributed by atoms with Crippen LogP contribution in [0.5, 0.6) is 0 Å². The van der Waals surface area contributed by atoms with Gasteiger partial charge < -0.3 is 0 Å². The van der Waals surface area contributed by atoms with Crippen molar-refractivity contribution < 1.29 is 26.7 Å². The molecule has 5 heteroatoms. The number of carbonyl (C=O) groups excluding carboxylic acids is 2. The fraction of sp³-hybridized carbons (Fsp3) is 0.0476. The van der Waals surface area contributed by atoms with E-state index >= 15 is 0 Å². The molecule has 0 heterocycles. The Bertz CT molecular complexity index is 1740. The Morgan fingerprint density at radius 2 is 0.574 bits per heavy atom. The standard InChI is InChI=1S/2C21H17NO.Cu/c2*23-21(18-12-6-2-7-13-18)16-20(17-10-4-1-5-11-17)22-19-14-8-3-9-15-19;/h2*1-15H,16H2;/p+2. The Morgan fingerprint density at radius 3 is 0.851 bits per heavy atom. The van der Waals surface area contributed by atoms with Crippen molar-refractivity contribution in [1.29, 1.82) is 0 Å². The molecule has 6 rings (SSSR count). The van der Waals surface area contributed by atoms with Gasteiger partial charge >= 0.3 is 11.6 Å². The number of para-hydroxylation sites is 2. The van der Waals surface area contributed by atoms with E-state index in [1.807, 2.05) is 182 Å². The molecule has 0 unspecified atom stereocenters. The zero-order chi connectivity index (χ0) is 31.8. The molecule has 235 valence electrons. The first-order valence-electron chi connectivity index (χ1n) is 15.2. The molecule has 0 saturated carbocycles. The van der Waals surface area contributed by atoms with Crippen LogP contribution in [0.4, 0.5) is 11.4 Å². The normalized spacial score (nSPS) is 11.0. The second-order valence-electron chi connectivity index (χ2n) is 10.5. The van der Waals surface area contributed by atoms with Crippen LogP contribution in [0.15, 0.2) is 192 Å². The average molecular weight is 664 g/mol. The predicted octanol–water partition coefficient (Wildman–Crippen LogP) is 9.58. The molecule has 4 nitrogen and oxygen atoms in total. The fourth-order valence-corrected chi connectivity index (χ4v) is 4.77. The number of benzene rings is 6. The number of hydrogen-bond acceptors (Lipinski definition) is 2. The molecule has 0 spiro atoms. The molecule has 0 fully saturated rings. The monoisotopic (exact) mass is 663 g/mol. The van der Waals surface area contributed by atoms with Gasteiger partial charge in [-0.05, 0) is 59.7 Å². The summed E-state index contributed by atoms with van der Waals surface area (Å²) >= 11 is 0. The van der Waals surface area contributed by atoms with E-state index < -0.39 is 0 Å². The van der Waals surface area contributed by atoms with Gasteiger partial charge in [0, 0.05) is 17.1 Å². The van der Waals surface area contributed by atoms with E-state index in [2.05, 4.69) is 0 Å². The number of rotatable bonds is 10. The minimum atomic E-state index is 0. The van der Waals surface area contributed by atoms with E-state index in [0.29, 0.717) is 24.4 Å². The molecule has 1 radical (unpaired) electrons. The van der Waals surface area contributed by atoms with Crippen LogP contribution in [-0.4, -0.2) is 32.6 Å². The maximum absolute atomic E-state index is 10.5. The van der Waals surface area contributed by atoms with E-state index in [1.165, 1.54) is 0 Å². The van der Waals surface area contributed by atoms with E-state index in [1.54, 1.807) is 0 Å². The summed E-state index contributed by atoms with van der Waals surface area (Å²) in [6, 6.07) is 58.7. The van der Waals surface area contributed by atoms with Crippen molar-refractivity contribution in [1.82, 2.24) is 0 Å². The third-order valence-electron chi connectivity index (χ3n) is 7.14. The quantitative estimate of drug-likeness (QED) is 0.0606. The summed E-state index contributed by atoms with van der Waals surface area (Å²) in [6.07, 6.45) is 0.784. The number of nitrogens with zero attached hydrogens (tertiary/aromatic N) is 2. The summed E-state index contributed by atoms with van der Waals surface area (Å²) in [4.78, 5) is 30.4. The Balaban J connectivity index is 0.000000208. The van der Waals surface area contributed by atoms with Crippen LogP contribution < -0.4 is 0 Å². The van der Waals surface area contributed by atoms with Gasteiger partial charge in [-0.2, -0.15) is 0 Å². The molecule has 0 aliphatic carbocycles. The van der Waals surface area contributed by atoms with Gasteiger partial charge in [0.2, 0.25) is 0 Å². The summed E-state index contributed by atoms with van der Waals surface area (Å²) < 4.78 is 0. The van der Waals surface area contributed by atoms with Gasteiger partial charge in [0.05, 0.1) is 33.9 Å². The number of aliphatic imine (C=N–C) groups is 2. The van der Waals surface area contributed by atoms with Crippen LogP contribution in [0.2, 0.25) is 0 Å². The minimum absolute atomic E-state index is 0. The van der Waals surface area contributed by atoms with E-state index in [0.717, 1.165) is 45.1 Å². The third-order valence-corrected chi connectivity index (χ3v) is 7.14. The first-order chi connectivity index (χ1) is 22.7. The molecular formula is C42H36CuN2O2+2. The molecular weight excluding hydrogens is 628 g/mol. The predicted molar refractivity (Wildman–Crippen MR) is 192 cm³/mol. The van der Waals surface area contributed by atoms with E-state index in [4.69, 9.17) is 9.98 Å². The van der Waals surface area contributed by atoms with Crippen molar-refractivity contribution in [2.45, 2.75) is 12.8 Å². The second-order valence-corrected chi connectivity index (χ2v) is 10.5.